The lowest BCUT2D eigenvalue weighted by atomic mass is 10.0. The molecule has 0 bridgehead atoms. The molecule has 0 spiro atoms. The second-order valence-corrected chi connectivity index (χ2v) is 6.34. The minimum absolute atomic E-state index is 0.0549. The Bertz CT molecular complexity index is 547. The second-order valence-electron chi connectivity index (χ2n) is 6.34. The molecule has 1 aliphatic rings. The molecule has 0 aliphatic carbocycles. The summed E-state index contributed by atoms with van der Waals surface area (Å²) in [5.41, 5.74) is 0.658. The number of ether oxygens (including phenoxy) is 2. The molecule has 1 aliphatic heterocycles. The van der Waals surface area contributed by atoms with Crippen molar-refractivity contribution < 1.29 is 14.3 Å². The molecule has 1 amide bonds. The summed E-state index contributed by atoms with van der Waals surface area (Å²) < 4.78 is 11.5. The maximum Gasteiger partial charge on any atom is 0.254 e. The van der Waals surface area contributed by atoms with Gasteiger partial charge in [-0.2, -0.15) is 0 Å². The molecule has 0 radical (unpaired) electrons. The summed E-state index contributed by atoms with van der Waals surface area (Å²) in [6.45, 7) is 11.1. The Morgan fingerprint density at radius 1 is 1.17 bits per heavy atom. The molecule has 1 N–H and O–H groups in total. The van der Waals surface area contributed by atoms with E-state index in [1.54, 1.807) is 0 Å². The highest BCUT2D eigenvalue weighted by atomic mass is 16.5. The van der Waals surface area contributed by atoms with Crippen LogP contribution in [0.15, 0.2) is 18.2 Å². The molecule has 5 heteroatoms. The lowest BCUT2D eigenvalue weighted by Gasteiger charge is -2.38. The summed E-state index contributed by atoms with van der Waals surface area (Å²) in [6, 6.07) is 5.98. The highest BCUT2D eigenvalue weighted by molar-refractivity contribution is 5.95. The lowest BCUT2D eigenvalue weighted by Crippen LogP contribution is -2.57. The van der Waals surface area contributed by atoms with E-state index in [1.807, 2.05) is 23.1 Å². The first-order chi connectivity index (χ1) is 11.6. The average Bonchev–Trinajstić information content (AvgIpc) is 2.60. The Morgan fingerprint density at radius 2 is 1.83 bits per heavy atom. The van der Waals surface area contributed by atoms with Gasteiger partial charge in [-0.15, -0.1) is 0 Å². The standard InChI is InChI=1S/C19H30N2O3/c1-5-11-23-17-8-7-16(13-18(17)24-12-6-2)19(22)21-10-9-20-14(3)15(21)4/h7-8,13-15,20H,5-6,9-12H2,1-4H3. The van der Waals surface area contributed by atoms with Gasteiger partial charge in [0.2, 0.25) is 0 Å². The van der Waals surface area contributed by atoms with E-state index in [1.165, 1.54) is 0 Å². The van der Waals surface area contributed by atoms with Crippen molar-refractivity contribution in [3.05, 3.63) is 23.8 Å². The van der Waals surface area contributed by atoms with E-state index in [-0.39, 0.29) is 11.9 Å². The van der Waals surface area contributed by atoms with E-state index in [2.05, 4.69) is 33.0 Å². The minimum Gasteiger partial charge on any atom is -0.490 e. The van der Waals surface area contributed by atoms with Gasteiger partial charge >= 0.3 is 0 Å². The van der Waals surface area contributed by atoms with Crippen molar-refractivity contribution in [2.45, 2.75) is 52.6 Å². The van der Waals surface area contributed by atoms with Crippen LogP contribution < -0.4 is 14.8 Å². The summed E-state index contributed by atoms with van der Waals surface area (Å²) in [5, 5.41) is 3.40. The average molecular weight is 334 g/mol. The van der Waals surface area contributed by atoms with Crippen molar-refractivity contribution in [3.63, 3.8) is 0 Å². The predicted octanol–water partition coefficient (Wildman–Crippen LogP) is 3.09. The van der Waals surface area contributed by atoms with Gasteiger partial charge < -0.3 is 19.7 Å². The second kappa shape index (κ2) is 8.92. The normalized spacial score (nSPS) is 20.8. The zero-order valence-corrected chi connectivity index (χ0v) is 15.3. The highest BCUT2D eigenvalue weighted by Crippen LogP contribution is 2.30. The molecule has 1 saturated heterocycles. The van der Waals surface area contributed by atoms with Crippen molar-refractivity contribution in [1.82, 2.24) is 10.2 Å². The van der Waals surface area contributed by atoms with Crippen LogP contribution in [0.2, 0.25) is 0 Å². The number of rotatable bonds is 7. The van der Waals surface area contributed by atoms with Gasteiger partial charge in [0.25, 0.3) is 5.91 Å². The molecule has 2 atom stereocenters. The molecular weight excluding hydrogens is 304 g/mol. The topological polar surface area (TPSA) is 50.8 Å². The van der Waals surface area contributed by atoms with Crippen molar-refractivity contribution in [2.75, 3.05) is 26.3 Å². The monoisotopic (exact) mass is 334 g/mol. The van der Waals surface area contributed by atoms with Crippen LogP contribution in [0.5, 0.6) is 11.5 Å². The number of benzene rings is 1. The van der Waals surface area contributed by atoms with E-state index in [4.69, 9.17) is 9.47 Å². The first kappa shape index (κ1) is 18.6. The van der Waals surface area contributed by atoms with Gasteiger partial charge in [0.1, 0.15) is 0 Å². The zero-order chi connectivity index (χ0) is 17.5. The maximum atomic E-state index is 12.9. The number of carbonyl (C=O) groups excluding carboxylic acids is 1. The molecule has 1 aromatic rings. The molecule has 24 heavy (non-hydrogen) atoms. The Balaban J connectivity index is 2.20. The van der Waals surface area contributed by atoms with E-state index in [0.29, 0.717) is 36.3 Å². The van der Waals surface area contributed by atoms with E-state index in [0.717, 1.165) is 25.9 Å². The minimum atomic E-state index is 0.0549. The van der Waals surface area contributed by atoms with Gasteiger partial charge in [0.05, 0.1) is 13.2 Å². The molecule has 1 fully saturated rings. The van der Waals surface area contributed by atoms with Crippen LogP contribution in [-0.4, -0.2) is 49.2 Å². The summed E-state index contributed by atoms with van der Waals surface area (Å²) >= 11 is 0. The molecule has 2 rings (SSSR count). The van der Waals surface area contributed by atoms with Crippen molar-refractivity contribution in [2.24, 2.45) is 0 Å². The number of hydrogen-bond donors (Lipinski definition) is 1. The smallest absolute Gasteiger partial charge is 0.254 e. The molecule has 0 aromatic heterocycles. The molecule has 5 nitrogen and oxygen atoms in total. The largest absolute Gasteiger partial charge is 0.490 e. The van der Waals surface area contributed by atoms with Gasteiger partial charge in [-0.1, -0.05) is 13.8 Å². The van der Waals surface area contributed by atoms with Crippen LogP contribution in [0.25, 0.3) is 0 Å². The van der Waals surface area contributed by atoms with Crippen LogP contribution >= 0.6 is 0 Å². The third-order valence-electron chi connectivity index (χ3n) is 4.41. The quantitative estimate of drug-likeness (QED) is 0.832. The predicted molar refractivity (Wildman–Crippen MR) is 96.0 cm³/mol. The summed E-state index contributed by atoms with van der Waals surface area (Å²) in [4.78, 5) is 14.8. The molecule has 1 heterocycles. The Hall–Kier alpha value is -1.75. The van der Waals surface area contributed by atoms with Gasteiger partial charge in [-0.25, -0.2) is 0 Å². The van der Waals surface area contributed by atoms with Crippen LogP contribution in [0.1, 0.15) is 50.9 Å². The highest BCUT2D eigenvalue weighted by Gasteiger charge is 2.29. The van der Waals surface area contributed by atoms with Crippen molar-refractivity contribution >= 4 is 5.91 Å². The Morgan fingerprint density at radius 3 is 2.50 bits per heavy atom. The number of amides is 1. The maximum absolute atomic E-state index is 12.9. The van der Waals surface area contributed by atoms with Gasteiger partial charge in [0.15, 0.2) is 11.5 Å². The van der Waals surface area contributed by atoms with Crippen LogP contribution in [0, 0.1) is 0 Å². The number of nitrogens with zero attached hydrogens (tertiary/aromatic N) is 1. The Labute approximate surface area is 145 Å². The summed E-state index contributed by atoms with van der Waals surface area (Å²) in [5.74, 6) is 1.43. The lowest BCUT2D eigenvalue weighted by molar-refractivity contribution is 0.0602. The van der Waals surface area contributed by atoms with E-state index < -0.39 is 0 Å². The van der Waals surface area contributed by atoms with Crippen molar-refractivity contribution in [3.8, 4) is 11.5 Å². The third kappa shape index (κ3) is 4.41. The van der Waals surface area contributed by atoms with E-state index >= 15 is 0 Å². The number of piperazine rings is 1. The fourth-order valence-electron chi connectivity index (χ4n) is 2.81. The Kier molecular flexibility index (Phi) is 6.91. The van der Waals surface area contributed by atoms with Crippen LogP contribution in [-0.2, 0) is 0 Å². The van der Waals surface area contributed by atoms with Gasteiger partial charge in [-0.3, -0.25) is 4.79 Å². The first-order valence-electron chi connectivity index (χ1n) is 9.02. The van der Waals surface area contributed by atoms with Crippen molar-refractivity contribution in [1.29, 1.82) is 0 Å². The first-order valence-corrected chi connectivity index (χ1v) is 9.02. The fourth-order valence-corrected chi connectivity index (χ4v) is 2.81. The molecule has 1 aromatic carbocycles. The number of carbonyl (C=O) groups is 1. The molecule has 0 saturated carbocycles. The van der Waals surface area contributed by atoms with Gasteiger partial charge in [-0.05, 0) is 44.9 Å². The fraction of sp³-hybridized carbons (Fsp3) is 0.632. The molecular formula is C19H30N2O3. The van der Waals surface area contributed by atoms with E-state index in [9.17, 15) is 4.79 Å². The molecule has 134 valence electrons. The molecule has 2 unspecified atom stereocenters. The number of nitrogens with one attached hydrogen (secondary N) is 1. The SMILES string of the molecule is CCCOc1ccc(C(=O)N2CCNC(C)C2C)cc1OCCC. The summed E-state index contributed by atoms with van der Waals surface area (Å²) in [6.07, 6.45) is 1.85. The van der Waals surface area contributed by atoms with Crippen LogP contribution in [0.4, 0.5) is 0 Å². The van der Waals surface area contributed by atoms with Crippen LogP contribution in [0.3, 0.4) is 0 Å². The summed E-state index contributed by atoms with van der Waals surface area (Å²) in [7, 11) is 0. The number of hydrogen-bond acceptors (Lipinski definition) is 4. The zero-order valence-electron chi connectivity index (χ0n) is 15.3. The third-order valence-corrected chi connectivity index (χ3v) is 4.41. The van der Waals surface area contributed by atoms with Gasteiger partial charge in [0, 0.05) is 30.7 Å².